The lowest BCUT2D eigenvalue weighted by molar-refractivity contribution is -0.142. The number of nitrogens with one attached hydrogen (secondary N) is 1. The van der Waals surface area contributed by atoms with E-state index < -0.39 is 29.9 Å². The van der Waals surface area contributed by atoms with E-state index >= 15 is 0 Å². The summed E-state index contributed by atoms with van der Waals surface area (Å²) in [6.07, 6.45) is -3.24. The third-order valence-corrected chi connectivity index (χ3v) is 2.25. The number of carbonyl (C=O) groups is 1. The molecule has 0 fully saturated rings. The standard InChI is InChI=1S/C10H10ClF2NO3/c1-2-17-8(15)4-7-5(9(12)13)3-6(11)10(16)14-7/h3,9H,2,4H2,1H3,(H,14,16). The van der Waals surface area contributed by atoms with Crippen molar-refractivity contribution in [3.05, 3.63) is 32.7 Å². The zero-order chi connectivity index (χ0) is 13.0. The Balaban J connectivity index is 3.08. The minimum Gasteiger partial charge on any atom is -0.466 e. The zero-order valence-corrected chi connectivity index (χ0v) is 9.68. The molecule has 0 spiro atoms. The monoisotopic (exact) mass is 265 g/mol. The molecule has 0 saturated heterocycles. The normalized spacial score (nSPS) is 10.6. The molecule has 0 unspecified atom stereocenters. The number of alkyl halides is 2. The molecule has 0 bridgehead atoms. The Morgan fingerprint density at radius 3 is 2.76 bits per heavy atom. The maximum atomic E-state index is 12.6. The van der Waals surface area contributed by atoms with Crippen molar-refractivity contribution in [2.24, 2.45) is 0 Å². The van der Waals surface area contributed by atoms with Crippen molar-refractivity contribution in [1.82, 2.24) is 4.98 Å². The van der Waals surface area contributed by atoms with Gasteiger partial charge in [-0.1, -0.05) is 11.6 Å². The summed E-state index contributed by atoms with van der Waals surface area (Å²) in [4.78, 5) is 24.5. The van der Waals surface area contributed by atoms with Gasteiger partial charge in [0.15, 0.2) is 0 Å². The summed E-state index contributed by atoms with van der Waals surface area (Å²) in [5, 5.41) is -0.340. The Morgan fingerprint density at radius 1 is 1.59 bits per heavy atom. The first-order chi connectivity index (χ1) is 7.95. The molecule has 0 aromatic carbocycles. The molecule has 1 heterocycles. The molecule has 1 rings (SSSR count). The van der Waals surface area contributed by atoms with E-state index in [1.165, 1.54) is 0 Å². The molecular weight excluding hydrogens is 256 g/mol. The molecule has 0 atom stereocenters. The highest BCUT2D eigenvalue weighted by Crippen LogP contribution is 2.23. The molecule has 4 nitrogen and oxygen atoms in total. The van der Waals surface area contributed by atoms with E-state index in [1.807, 2.05) is 0 Å². The van der Waals surface area contributed by atoms with E-state index in [4.69, 9.17) is 11.6 Å². The smallest absolute Gasteiger partial charge is 0.311 e. The van der Waals surface area contributed by atoms with E-state index in [0.717, 1.165) is 6.07 Å². The average molecular weight is 266 g/mol. The van der Waals surface area contributed by atoms with Gasteiger partial charge in [-0.05, 0) is 13.0 Å². The molecule has 0 aliphatic heterocycles. The predicted octanol–water partition coefficient (Wildman–Crippen LogP) is 2.07. The van der Waals surface area contributed by atoms with Crippen LogP contribution in [0.15, 0.2) is 10.9 Å². The fourth-order valence-electron chi connectivity index (χ4n) is 1.26. The maximum absolute atomic E-state index is 12.6. The van der Waals surface area contributed by atoms with Crippen molar-refractivity contribution >= 4 is 17.6 Å². The Bertz CT molecular complexity index is 473. The third-order valence-electron chi connectivity index (χ3n) is 1.97. The quantitative estimate of drug-likeness (QED) is 0.848. The SMILES string of the molecule is CCOC(=O)Cc1[nH]c(=O)c(Cl)cc1C(F)F. The number of aromatic amines is 1. The molecular formula is C10H10ClF2NO3. The topological polar surface area (TPSA) is 59.2 Å². The fourth-order valence-corrected chi connectivity index (χ4v) is 1.42. The van der Waals surface area contributed by atoms with Crippen LogP contribution in [0.25, 0.3) is 0 Å². The number of esters is 1. The molecule has 0 aliphatic carbocycles. The highest BCUT2D eigenvalue weighted by Gasteiger charge is 2.18. The lowest BCUT2D eigenvalue weighted by atomic mass is 10.1. The fraction of sp³-hybridized carbons (Fsp3) is 0.400. The number of ether oxygens (including phenoxy) is 1. The molecule has 17 heavy (non-hydrogen) atoms. The number of H-pyrrole nitrogens is 1. The van der Waals surface area contributed by atoms with Gasteiger partial charge in [-0.15, -0.1) is 0 Å². The van der Waals surface area contributed by atoms with Crippen molar-refractivity contribution in [2.45, 2.75) is 19.8 Å². The lowest BCUT2D eigenvalue weighted by Crippen LogP contribution is -2.17. The van der Waals surface area contributed by atoms with Gasteiger partial charge < -0.3 is 9.72 Å². The number of halogens is 3. The van der Waals surface area contributed by atoms with E-state index in [2.05, 4.69) is 9.72 Å². The number of rotatable bonds is 4. The van der Waals surface area contributed by atoms with Crippen LogP contribution in [0.1, 0.15) is 24.6 Å². The Labute approximate surface area is 101 Å². The first-order valence-electron chi connectivity index (χ1n) is 4.81. The van der Waals surface area contributed by atoms with E-state index in [0.29, 0.717) is 0 Å². The van der Waals surface area contributed by atoms with Crippen molar-refractivity contribution in [1.29, 1.82) is 0 Å². The molecule has 0 aliphatic rings. The van der Waals surface area contributed by atoms with E-state index in [9.17, 15) is 18.4 Å². The van der Waals surface area contributed by atoms with Crippen molar-refractivity contribution in [2.75, 3.05) is 6.61 Å². The first kappa shape index (κ1) is 13.6. The van der Waals surface area contributed by atoms with E-state index in [1.54, 1.807) is 6.92 Å². The van der Waals surface area contributed by atoms with Crippen molar-refractivity contribution in [3.8, 4) is 0 Å². The Hall–Kier alpha value is -1.43. The van der Waals surface area contributed by atoms with Crippen LogP contribution in [0.4, 0.5) is 8.78 Å². The van der Waals surface area contributed by atoms with Gasteiger partial charge in [0.1, 0.15) is 5.02 Å². The largest absolute Gasteiger partial charge is 0.466 e. The predicted molar refractivity (Wildman–Crippen MR) is 57.4 cm³/mol. The van der Waals surface area contributed by atoms with Crippen molar-refractivity contribution in [3.63, 3.8) is 0 Å². The number of carbonyl (C=O) groups excluding carboxylic acids is 1. The summed E-state index contributed by atoms with van der Waals surface area (Å²) in [6.45, 7) is 1.73. The summed E-state index contributed by atoms with van der Waals surface area (Å²) < 4.78 is 29.9. The summed E-state index contributed by atoms with van der Waals surface area (Å²) in [6, 6.07) is 0.861. The van der Waals surface area contributed by atoms with Gasteiger partial charge in [0.25, 0.3) is 12.0 Å². The molecule has 94 valence electrons. The Kier molecular flexibility index (Phi) is 4.62. The second-order valence-corrected chi connectivity index (χ2v) is 3.57. The maximum Gasteiger partial charge on any atom is 0.311 e. The van der Waals surface area contributed by atoms with Gasteiger partial charge in [0.2, 0.25) is 0 Å². The second-order valence-electron chi connectivity index (χ2n) is 3.16. The summed E-state index contributed by atoms with van der Waals surface area (Å²) in [5.74, 6) is -0.688. The van der Waals surface area contributed by atoms with Crippen LogP contribution in [-0.4, -0.2) is 17.6 Å². The van der Waals surface area contributed by atoms with Crippen LogP contribution in [-0.2, 0) is 16.0 Å². The average Bonchev–Trinajstić information content (AvgIpc) is 2.23. The number of hydrogen-bond acceptors (Lipinski definition) is 3. The lowest BCUT2D eigenvalue weighted by Gasteiger charge is -2.08. The van der Waals surface area contributed by atoms with Crippen LogP contribution in [0.3, 0.4) is 0 Å². The van der Waals surface area contributed by atoms with Crippen LogP contribution in [0.2, 0.25) is 5.02 Å². The molecule has 0 saturated carbocycles. The van der Waals surface area contributed by atoms with E-state index in [-0.39, 0.29) is 17.3 Å². The van der Waals surface area contributed by atoms with Crippen LogP contribution >= 0.6 is 11.6 Å². The zero-order valence-electron chi connectivity index (χ0n) is 8.93. The van der Waals surface area contributed by atoms with Crippen LogP contribution < -0.4 is 5.56 Å². The highest BCUT2D eigenvalue weighted by molar-refractivity contribution is 6.30. The van der Waals surface area contributed by atoms with Crippen LogP contribution in [0.5, 0.6) is 0 Å². The number of hydrogen-bond donors (Lipinski definition) is 1. The van der Waals surface area contributed by atoms with Gasteiger partial charge in [-0.3, -0.25) is 9.59 Å². The summed E-state index contributed by atoms with van der Waals surface area (Å²) in [7, 11) is 0. The Morgan fingerprint density at radius 2 is 2.24 bits per heavy atom. The molecule has 1 N–H and O–H groups in total. The minimum atomic E-state index is -2.83. The number of aromatic nitrogens is 1. The molecule has 0 amide bonds. The second kappa shape index (κ2) is 5.77. The first-order valence-corrected chi connectivity index (χ1v) is 5.18. The molecule has 7 heteroatoms. The van der Waals surface area contributed by atoms with Gasteiger partial charge in [-0.2, -0.15) is 0 Å². The molecule has 0 radical (unpaired) electrons. The van der Waals surface area contributed by atoms with Crippen LogP contribution in [0, 0.1) is 0 Å². The molecule has 1 aromatic heterocycles. The highest BCUT2D eigenvalue weighted by atomic mass is 35.5. The van der Waals surface area contributed by atoms with Gasteiger partial charge in [0.05, 0.1) is 13.0 Å². The summed E-state index contributed by atoms with van der Waals surface area (Å²) >= 11 is 5.43. The van der Waals surface area contributed by atoms with Gasteiger partial charge >= 0.3 is 5.97 Å². The third kappa shape index (κ3) is 3.52. The van der Waals surface area contributed by atoms with Crippen molar-refractivity contribution < 1.29 is 18.3 Å². The summed E-state index contributed by atoms with van der Waals surface area (Å²) in [5.41, 5.74) is -1.36. The molecule has 1 aromatic rings. The van der Waals surface area contributed by atoms with Gasteiger partial charge in [-0.25, -0.2) is 8.78 Å². The number of pyridine rings is 1. The van der Waals surface area contributed by atoms with Gasteiger partial charge in [0, 0.05) is 11.3 Å². The minimum absolute atomic E-state index is 0.140.